The molecule has 0 saturated carbocycles. The molecule has 0 aliphatic heterocycles. The number of rotatable bonds is 36. The van der Waals surface area contributed by atoms with Crippen LogP contribution in [0.5, 0.6) is 0 Å². The van der Waals surface area contributed by atoms with E-state index in [2.05, 4.69) is 70.5 Å². The van der Waals surface area contributed by atoms with Crippen LogP contribution >= 0.6 is 34.0 Å². The fourth-order valence-corrected chi connectivity index (χ4v) is 11.8. The van der Waals surface area contributed by atoms with Crippen LogP contribution in [0.1, 0.15) is 232 Å². The van der Waals surface area contributed by atoms with Crippen molar-refractivity contribution in [2.45, 2.75) is 210 Å². The first-order chi connectivity index (χ1) is 41.6. The van der Waals surface area contributed by atoms with Crippen molar-refractivity contribution in [2.24, 2.45) is 62.7 Å². The molecule has 1 N–H and O–H groups in total. The van der Waals surface area contributed by atoms with Gasteiger partial charge in [0.2, 0.25) is 5.91 Å². The van der Waals surface area contributed by atoms with Gasteiger partial charge in [-0.3, -0.25) is 19.2 Å². The van der Waals surface area contributed by atoms with Crippen LogP contribution < -0.4 is 0 Å². The van der Waals surface area contributed by atoms with Crippen molar-refractivity contribution < 1.29 is 57.6 Å². The number of thiazole rings is 3. The summed E-state index contributed by atoms with van der Waals surface area (Å²) in [6, 6.07) is -2.52. The van der Waals surface area contributed by atoms with E-state index < -0.39 is 42.1 Å². The molecule has 12 atom stereocenters. The second kappa shape index (κ2) is 41.6. The molecule has 3 aromatic heterocycles. The predicted octanol–water partition coefficient (Wildman–Crippen LogP) is 15.0. The highest BCUT2D eigenvalue weighted by Crippen LogP contribution is 2.35. The number of esters is 4. The molecule has 88 heavy (non-hydrogen) atoms. The van der Waals surface area contributed by atoms with E-state index in [4.69, 9.17) is 30.8 Å². The zero-order valence-corrected chi connectivity index (χ0v) is 57.1. The largest absolute Gasteiger partial charge is 0.464 e. The monoisotopic (exact) mass is 1290 g/mol. The molecule has 28 heteroatoms. The van der Waals surface area contributed by atoms with E-state index in [1.54, 1.807) is 16.1 Å². The lowest BCUT2D eigenvalue weighted by Crippen LogP contribution is -2.50. The number of hydrogen-bond donors (Lipinski definition) is 1. The van der Waals surface area contributed by atoms with Crippen LogP contribution in [0, 0.1) is 47.3 Å². The van der Waals surface area contributed by atoms with Crippen LogP contribution in [0.3, 0.4) is 0 Å². The van der Waals surface area contributed by atoms with Crippen molar-refractivity contribution in [1.29, 1.82) is 0 Å². The van der Waals surface area contributed by atoms with Crippen molar-refractivity contribution >= 4 is 75.4 Å². The molecule has 1 amide bonds. The molecule has 0 aliphatic carbocycles. The van der Waals surface area contributed by atoms with E-state index in [1.165, 1.54) is 60.2 Å². The molecule has 3 rings (SSSR count). The zero-order valence-electron chi connectivity index (χ0n) is 54.6. The standard InChI is InChI=1S/C23H37N5O5S.C19H30N4O3S.C18H28N4O4S/c1-8-10-19(29)33-13-28(22(30)20(26-27-24)15(5)9-2)18(14(3)4)11-16(6)21-25-17(12-34-21)23(31)32-7;1-7-12(4)17(22-23-20)16(24)9-14(11(2)3)8-13(5)18-21-15(10-27-18)19(25)26-6;1-6-11(4)16(21-22-19)14(23)7-12(10(2)3)8-15(24)17-20-13(9-27-17)18(25)26-5/h12,14-16,18,20H,8-11,13H2,1-7H3;10-14,17H,7-9H2,1-6H3;9-12,15-16,24H,6-8H2,1-5H3/t15?,16-,18-,20+;12?,13-,14+,17+;11?,12-,15-,16+/m111/s1. The lowest BCUT2D eigenvalue weighted by Gasteiger charge is -2.37. The van der Waals surface area contributed by atoms with Crippen LogP contribution in [-0.4, -0.2) is 119 Å². The lowest BCUT2D eigenvalue weighted by molar-refractivity contribution is -0.157. The third-order valence-corrected chi connectivity index (χ3v) is 18.8. The first-order valence-electron chi connectivity index (χ1n) is 30.0. The Kier molecular flexibility index (Phi) is 37.6. The topological polar surface area (TPSA) is 365 Å². The Bertz CT molecular complexity index is 2710. The van der Waals surface area contributed by atoms with Crippen LogP contribution in [0.25, 0.3) is 31.3 Å². The molecule has 3 unspecified atom stereocenters. The van der Waals surface area contributed by atoms with Gasteiger partial charge in [-0.25, -0.2) is 29.3 Å². The van der Waals surface area contributed by atoms with E-state index in [1.807, 2.05) is 83.1 Å². The smallest absolute Gasteiger partial charge is 0.357 e. The second-order valence-electron chi connectivity index (χ2n) is 23.2. The van der Waals surface area contributed by atoms with Gasteiger partial charge >= 0.3 is 23.9 Å². The van der Waals surface area contributed by atoms with E-state index in [-0.39, 0.29) is 114 Å². The number of aromatic nitrogens is 3. The first-order valence-corrected chi connectivity index (χ1v) is 32.7. The van der Waals surface area contributed by atoms with E-state index in [9.17, 15) is 38.7 Å². The summed E-state index contributed by atoms with van der Waals surface area (Å²) in [4.78, 5) is 109. The average molecular weight is 1290 g/mol. The third kappa shape index (κ3) is 25.9. The van der Waals surface area contributed by atoms with E-state index in [0.717, 1.165) is 29.3 Å². The number of amides is 1. The van der Waals surface area contributed by atoms with Gasteiger partial charge in [0.1, 0.15) is 28.7 Å². The summed E-state index contributed by atoms with van der Waals surface area (Å²) >= 11 is 3.97. The van der Waals surface area contributed by atoms with Gasteiger partial charge in [-0.05, 0) is 89.6 Å². The number of hydrogen-bond acceptors (Lipinski definition) is 21. The molecule has 0 spiro atoms. The summed E-state index contributed by atoms with van der Waals surface area (Å²) in [7, 11) is 3.92. The van der Waals surface area contributed by atoms with Gasteiger partial charge < -0.3 is 29.0 Å². The number of ether oxygens (including phenoxy) is 4. The predicted molar refractivity (Wildman–Crippen MR) is 340 cm³/mol. The van der Waals surface area contributed by atoms with E-state index >= 15 is 0 Å². The molecule has 25 nitrogen and oxygen atoms in total. The minimum atomic E-state index is -0.901. The zero-order chi connectivity index (χ0) is 67.0. The molecule has 0 aromatic carbocycles. The Morgan fingerprint density at radius 2 is 0.909 bits per heavy atom. The number of azide groups is 3. The minimum absolute atomic E-state index is 0.00226. The number of aliphatic hydroxyl groups excluding tert-OH is 1. The number of aliphatic hydroxyl groups is 1. The molecule has 0 fully saturated rings. The van der Waals surface area contributed by atoms with Gasteiger partial charge in [-0.15, -0.1) is 34.0 Å². The number of carbonyl (C=O) groups excluding carboxylic acids is 7. The molecule has 0 radical (unpaired) electrons. The third-order valence-electron chi connectivity index (χ3n) is 15.7. The Morgan fingerprint density at radius 1 is 0.545 bits per heavy atom. The van der Waals surface area contributed by atoms with Crippen LogP contribution in [-0.2, 0) is 38.1 Å². The van der Waals surface area contributed by atoms with Crippen molar-refractivity contribution in [1.82, 2.24) is 19.9 Å². The highest BCUT2D eigenvalue weighted by molar-refractivity contribution is 7.10. The SMILES string of the molecule is CCC(C)[C@H](N=[N+]=[N-])C(=O)C[C@H](C[C@@H](C)c1nc(C(=O)OC)cs1)C(C)C.CCC(C)[C@H](N=[N+]=[N-])C(=O)C[C@H](C[C@@H](O)c1nc(C(=O)OC)cs1)C(C)C.CCCC(=O)OCN(C(=O)[C@@H](N=[N+]=[N-])C(C)CC)[C@H](C[C@@H](C)c1nc(C(=O)OC)cs1)C(C)C. The maximum atomic E-state index is 13.6. The Labute approximate surface area is 530 Å². The van der Waals surface area contributed by atoms with Gasteiger partial charge in [0.25, 0.3) is 0 Å². The Morgan fingerprint density at radius 3 is 1.27 bits per heavy atom. The lowest BCUT2D eigenvalue weighted by atomic mass is 9.81. The maximum absolute atomic E-state index is 13.6. The number of carbonyl (C=O) groups is 7. The molecule has 490 valence electrons. The van der Waals surface area contributed by atoms with Crippen LogP contribution in [0.4, 0.5) is 0 Å². The Balaban J connectivity index is 0.000000667. The summed E-state index contributed by atoms with van der Waals surface area (Å²) in [5.74, 6) is -1.98. The van der Waals surface area contributed by atoms with Crippen molar-refractivity contribution in [3.8, 4) is 0 Å². The number of ketones is 2. The minimum Gasteiger partial charge on any atom is -0.464 e. The summed E-state index contributed by atoms with van der Waals surface area (Å²) < 4.78 is 19.5. The number of nitrogens with zero attached hydrogens (tertiary/aromatic N) is 13. The first kappa shape index (κ1) is 79.5. The van der Waals surface area contributed by atoms with Crippen molar-refractivity contribution in [3.63, 3.8) is 0 Å². The summed E-state index contributed by atoms with van der Waals surface area (Å²) in [5, 5.41) is 28.6. The fourth-order valence-electron chi connectivity index (χ4n) is 9.31. The van der Waals surface area contributed by atoms with Gasteiger partial charge in [-0.2, -0.15) is 0 Å². The fraction of sp³-hybridized carbons (Fsp3) is 0.733. The molecule has 0 saturated heterocycles. The van der Waals surface area contributed by atoms with Crippen molar-refractivity contribution in [2.75, 3.05) is 28.1 Å². The molecular formula is C60H95N13O12S3. The quantitative estimate of drug-likeness (QED) is 0.0141. The molecule has 3 aromatic rings. The van der Waals surface area contributed by atoms with Gasteiger partial charge in [-0.1, -0.05) is 138 Å². The summed E-state index contributed by atoms with van der Waals surface area (Å²) in [6.45, 7) is 29.4. The second-order valence-corrected chi connectivity index (χ2v) is 25.9. The molecular weight excluding hydrogens is 1190 g/mol. The van der Waals surface area contributed by atoms with Crippen LogP contribution in [0.2, 0.25) is 0 Å². The highest BCUT2D eigenvalue weighted by atomic mass is 32.1. The Hall–Kier alpha value is -6.53. The molecule has 0 aliphatic rings. The normalized spacial score (nSPS) is 15.1. The molecule has 0 bridgehead atoms. The van der Waals surface area contributed by atoms with Crippen LogP contribution in [0.15, 0.2) is 31.5 Å². The van der Waals surface area contributed by atoms with Gasteiger partial charge in [0.15, 0.2) is 23.8 Å². The summed E-state index contributed by atoms with van der Waals surface area (Å²) in [5.41, 5.74) is 27.3. The van der Waals surface area contributed by atoms with Gasteiger partial charge in [0.05, 0.1) is 43.4 Å². The number of methoxy groups -OCH3 is 3. The maximum Gasteiger partial charge on any atom is 0.357 e. The van der Waals surface area contributed by atoms with E-state index in [0.29, 0.717) is 48.7 Å². The highest BCUT2D eigenvalue weighted by Gasteiger charge is 2.36. The number of Topliss-reactive ketones (excluding diaryl/α,β-unsaturated/α-hetero) is 2. The van der Waals surface area contributed by atoms with Crippen molar-refractivity contribution in [3.05, 3.63) is 79.6 Å². The molecule has 3 heterocycles. The van der Waals surface area contributed by atoms with Gasteiger partial charge in [0, 0.05) is 68.0 Å². The average Bonchev–Trinajstić information content (AvgIpc) is 2.04. The summed E-state index contributed by atoms with van der Waals surface area (Å²) in [6.07, 6.45) is 4.42.